The van der Waals surface area contributed by atoms with Gasteiger partial charge in [0, 0.05) is 18.2 Å². The van der Waals surface area contributed by atoms with Crippen molar-refractivity contribution in [3.05, 3.63) is 23.8 Å². The molecule has 4 nitrogen and oxygen atoms in total. The molecule has 0 spiro atoms. The number of rotatable bonds is 7. The van der Waals surface area contributed by atoms with Crippen LogP contribution in [0.3, 0.4) is 0 Å². The Labute approximate surface area is 109 Å². The van der Waals surface area contributed by atoms with Crippen LogP contribution < -0.4 is 14.8 Å². The van der Waals surface area contributed by atoms with Crippen LogP contribution in [0.5, 0.6) is 11.5 Å². The van der Waals surface area contributed by atoms with Gasteiger partial charge in [-0.1, -0.05) is 6.92 Å². The Morgan fingerprint density at radius 2 is 2.00 bits per heavy atom. The Kier molecular flexibility index (Phi) is 5.95. The average Bonchev–Trinajstić information content (AvgIpc) is 2.43. The van der Waals surface area contributed by atoms with Crippen molar-refractivity contribution in [2.45, 2.75) is 32.4 Å². The van der Waals surface area contributed by atoms with Crippen LogP contribution in [0.1, 0.15) is 31.9 Å². The Hall–Kier alpha value is -1.26. The standard InChI is InChI=1S/C14H23NO3/c1-5-10(2)15-9-13(16)12-8-11(17-3)6-7-14(12)18-4/h6-8,10,13,15-16H,5,9H2,1-4H3. The molecule has 2 unspecified atom stereocenters. The molecule has 0 heterocycles. The molecule has 0 fully saturated rings. The van der Waals surface area contributed by atoms with Gasteiger partial charge in [0.05, 0.1) is 20.3 Å². The van der Waals surface area contributed by atoms with E-state index in [2.05, 4.69) is 19.2 Å². The number of methoxy groups -OCH3 is 2. The van der Waals surface area contributed by atoms with Crippen molar-refractivity contribution in [2.24, 2.45) is 0 Å². The summed E-state index contributed by atoms with van der Waals surface area (Å²) in [5, 5.41) is 13.5. The second kappa shape index (κ2) is 7.24. The summed E-state index contributed by atoms with van der Waals surface area (Å²) < 4.78 is 10.4. The van der Waals surface area contributed by atoms with E-state index >= 15 is 0 Å². The fraction of sp³-hybridized carbons (Fsp3) is 0.571. The first-order valence-corrected chi connectivity index (χ1v) is 6.25. The summed E-state index contributed by atoms with van der Waals surface area (Å²) >= 11 is 0. The molecule has 0 aliphatic heterocycles. The van der Waals surface area contributed by atoms with Crippen LogP contribution >= 0.6 is 0 Å². The van der Waals surface area contributed by atoms with Gasteiger partial charge in [0.15, 0.2) is 0 Å². The Balaban J connectivity index is 2.78. The minimum absolute atomic E-state index is 0.385. The molecule has 18 heavy (non-hydrogen) atoms. The number of hydrogen-bond donors (Lipinski definition) is 2. The summed E-state index contributed by atoms with van der Waals surface area (Å²) in [6.45, 7) is 4.70. The van der Waals surface area contributed by atoms with Crippen LogP contribution in [-0.2, 0) is 0 Å². The monoisotopic (exact) mass is 253 g/mol. The maximum atomic E-state index is 10.2. The summed E-state index contributed by atoms with van der Waals surface area (Å²) in [6, 6.07) is 5.82. The first-order valence-electron chi connectivity index (χ1n) is 6.25. The molecular formula is C14H23NO3. The fourth-order valence-electron chi connectivity index (χ4n) is 1.67. The fourth-order valence-corrected chi connectivity index (χ4v) is 1.67. The smallest absolute Gasteiger partial charge is 0.124 e. The molecule has 102 valence electrons. The molecule has 0 radical (unpaired) electrons. The Bertz CT molecular complexity index is 368. The van der Waals surface area contributed by atoms with Crippen molar-refractivity contribution in [3.63, 3.8) is 0 Å². The van der Waals surface area contributed by atoms with Gasteiger partial charge in [-0.3, -0.25) is 0 Å². The average molecular weight is 253 g/mol. The van der Waals surface area contributed by atoms with E-state index in [1.54, 1.807) is 20.3 Å². The third kappa shape index (κ3) is 3.89. The summed E-state index contributed by atoms with van der Waals surface area (Å²) in [5.41, 5.74) is 0.743. The number of aliphatic hydroxyl groups excluding tert-OH is 1. The molecule has 2 N–H and O–H groups in total. The van der Waals surface area contributed by atoms with Crippen LogP contribution in [0, 0.1) is 0 Å². The molecule has 1 rings (SSSR count). The van der Waals surface area contributed by atoms with Gasteiger partial charge in [-0.25, -0.2) is 0 Å². The molecular weight excluding hydrogens is 230 g/mol. The van der Waals surface area contributed by atoms with E-state index in [-0.39, 0.29) is 0 Å². The SMILES string of the molecule is CCC(C)NCC(O)c1cc(OC)ccc1OC. The highest BCUT2D eigenvalue weighted by Gasteiger charge is 2.15. The van der Waals surface area contributed by atoms with Gasteiger partial charge in [-0.05, 0) is 31.5 Å². The Morgan fingerprint density at radius 1 is 1.28 bits per heavy atom. The lowest BCUT2D eigenvalue weighted by atomic mass is 10.1. The van der Waals surface area contributed by atoms with Crippen molar-refractivity contribution in [1.29, 1.82) is 0 Å². The summed E-state index contributed by atoms with van der Waals surface area (Å²) in [5.74, 6) is 1.39. The summed E-state index contributed by atoms with van der Waals surface area (Å²) in [4.78, 5) is 0. The molecule has 2 atom stereocenters. The normalized spacial score (nSPS) is 14.1. The number of ether oxygens (including phenoxy) is 2. The van der Waals surface area contributed by atoms with Crippen molar-refractivity contribution < 1.29 is 14.6 Å². The lowest BCUT2D eigenvalue weighted by Gasteiger charge is -2.18. The molecule has 0 amide bonds. The lowest BCUT2D eigenvalue weighted by Crippen LogP contribution is -2.29. The zero-order valence-corrected chi connectivity index (χ0v) is 11.6. The van der Waals surface area contributed by atoms with Crippen molar-refractivity contribution in [1.82, 2.24) is 5.32 Å². The molecule has 0 saturated heterocycles. The van der Waals surface area contributed by atoms with Crippen LogP contribution in [-0.4, -0.2) is 31.9 Å². The van der Waals surface area contributed by atoms with Crippen LogP contribution in [0.2, 0.25) is 0 Å². The predicted octanol–water partition coefficient (Wildman–Crippen LogP) is 2.13. The maximum Gasteiger partial charge on any atom is 0.124 e. The Morgan fingerprint density at radius 3 is 2.56 bits per heavy atom. The van der Waals surface area contributed by atoms with E-state index < -0.39 is 6.10 Å². The highest BCUT2D eigenvalue weighted by Crippen LogP contribution is 2.29. The summed E-state index contributed by atoms with van der Waals surface area (Å²) in [7, 11) is 3.20. The van der Waals surface area contributed by atoms with Crippen LogP contribution in [0.15, 0.2) is 18.2 Å². The first kappa shape index (κ1) is 14.8. The highest BCUT2D eigenvalue weighted by atomic mass is 16.5. The van der Waals surface area contributed by atoms with E-state index in [9.17, 15) is 5.11 Å². The van der Waals surface area contributed by atoms with E-state index in [4.69, 9.17) is 9.47 Å². The van der Waals surface area contributed by atoms with Crippen LogP contribution in [0.25, 0.3) is 0 Å². The molecule has 1 aromatic rings. The quantitative estimate of drug-likeness (QED) is 0.781. The number of hydrogen-bond acceptors (Lipinski definition) is 4. The zero-order valence-electron chi connectivity index (χ0n) is 11.6. The molecule has 0 aliphatic carbocycles. The van der Waals surface area contributed by atoms with Gasteiger partial charge in [0.25, 0.3) is 0 Å². The van der Waals surface area contributed by atoms with E-state index in [1.165, 1.54) is 0 Å². The van der Waals surface area contributed by atoms with Crippen molar-refractivity contribution in [3.8, 4) is 11.5 Å². The molecule has 0 aliphatic rings. The third-order valence-corrected chi connectivity index (χ3v) is 3.07. The van der Waals surface area contributed by atoms with Crippen LogP contribution in [0.4, 0.5) is 0 Å². The van der Waals surface area contributed by atoms with Gasteiger partial charge in [0.1, 0.15) is 11.5 Å². The van der Waals surface area contributed by atoms with Crippen molar-refractivity contribution >= 4 is 0 Å². The van der Waals surface area contributed by atoms with Gasteiger partial charge in [-0.15, -0.1) is 0 Å². The molecule has 4 heteroatoms. The molecule has 0 bridgehead atoms. The topological polar surface area (TPSA) is 50.7 Å². The number of nitrogens with one attached hydrogen (secondary N) is 1. The largest absolute Gasteiger partial charge is 0.497 e. The molecule has 0 aromatic heterocycles. The molecule has 0 saturated carbocycles. The minimum atomic E-state index is -0.607. The van der Waals surface area contributed by atoms with E-state index in [0.29, 0.717) is 24.1 Å². The maximum absolute atomic E-state index is 10.2. The second-order valence-electron chi connectivity index (χ2n) is 4.34. The van der Waals surface area contributed by atoms with E-state index in [0.717, 1.165) is 12.0 Å². The van der Waals surface area contributed by atoms with Gasteiger partial charge >= 0.3 is 0 Å². The van der Waals surface area contributed by atoms with Gasteiger partial charge < -0.3 is 19.9 Å². The molecule has 1 aromatic carbocycles. The second-order valence-corrected chi connectivity index (χ2v) is 4.34. The zero-order chi connectivity index (χ0) is 13.5. The summed E-state index contributed by atoms with van der Waals surface area (Å²) in [6.07, 6.45) is 0.422. The van der Waals surface area contributed by atoms with Gasteiger partial charge in [0.2, 0.25) is 0 Å². The third-order valence-electron chi connectivity index (χ3n) is 3.07. The van der Waals surface area contributed by atoms with Gasteiger partial charge in [-0.2, -0.15) is 0 Å². The van der Waals surface area contributed by atoms with E-state index in [1.807, 2.05) is 12.1 Å². The minimum Gasteiger partial charge on any atom is -0.497 e. The highest BCUT2D eigenvalue weighted by molar-refractivity contribution is 5.41. The van der Waals surface area contributed by atoms with Crippen molar-refractivity contribution in [2.75, 3.05) is 20.8 Å². The first-order chi connectivity index (χ1) is 8.62. The number of benzene rings is 1. The predicted molar refractivity (Wildman–Crippen MR) is 72.3 cm³/mol. The number of aliphatic hydroxyl groups is 1. The lowest BCUT2D eigenvalue weighted by molar-refractivity contribution is 0.166.